The van der Waals surface area contributed by atoms with Crippen molar-refractivity contribution in [2.45, 2.75) is 27.7 Å². The van der Waals surface area contributed by atoms with Gasteiger partial charge in [-0.15, -0.1) is 13.2 Å². The number of allylic oxidation sites excluding steroid dienone is 4. The van der Waals surface area contributed by atoms with E-state index < -0.39 is 0 Å². The molecule has 0 aliphatic heterocycles. The van der Waals surface area contributed by atoms with Gasteiger partial charge in [0, 0.05) is 21.6 Å². The number of hydrogen-bond acceptors (Lipinski definition) is 5. The van der Waals surface area contributed by atoms with E-state index in [-0.39, 0.29) is 0 Å². The number of nitriles is 2. The van der Waals surface area contributed by atoms with Crippen molar-refractivity contribution < 1.29 is 0 Å². The first-order valence-electron chi connectivity index (χ1n) is 5.04. The lowest BCUT2D eigenvalue weighted by Crippen LogP contribution is -1.51. The molecule has 0 rings (SSSR count). The maximum atomic E-state index is 7.79. The van der Waals surface area contributed by atoms with Gasteiger partial charge >= 0.3 is 6.72 Å². The first kappa shape index (κ1) is 36.0. The summed E-state index contributed by atoms with van der Waals surface area (Å²) >= 11 is 0. The molecule has 0 amide bonds. The van der Waals surface area contributed by atoms with Gasteiger partial charge < -0.3 is 0 Å². The fourth-order valence-electron chi connectivity index (χ4n) is 0. The molecule has 0 heterocycles. The summed E-state index contributed by atoms with van der Waals surface area (Å²) in [7, 11) is 0. The first-order valence-corrected chi connectivity index (χ1v) is 5.04. The van der Waals surface area contributed by atoms with Crippen LogP contribution in [0.4, 0.5) is 0 Å². The van der Waals surface area contributed by atoms with Gasteiger partial charge in [-0.05, 0) is 27.7 Å². The Hall–Kier alpha value is -2.88. The molecule has 5 heteroatoms. The normalized spacial score (nSPS) is 4.45. The van der Waals surface area contributed by atoms with Gasteiger partial charge in [0.2, 0.25) is 0 Å². The summed E-state index contributed by atoms with van der Waals surface area (Å²) in [5.74, 6) is 0. The number of nitrogens with one attached hydrogen (secondary N) is 1. The maximum Gasteiger partial charge on any atom is 0.338 e. The van der Waals surface area contributed by atoms with Crippen LogP contribution in [0.5, 0.6) is 0 Å². The summed E-state index contributed by atoms with van der Waals surface area (Å²) in [6, 6.07) is 3.53. The van der Waals surface area contributed by atoms with E-state index in [2.05, 4.69) is 33.0 Å². The Morgan fingerprint density at radius 3 is 1.20 bits per heavy atom. The molecule has 0 saturated heterocycles. The lowest BCUT2D eigenvalue weighted by Gasteiger charge is -1.65. The van der Waals surface area contributed by atoms with E-state index in [1.54, 1.807) is 19.1 Å². The Bertz CT molecular complexity index is 304. The minimum atomic E-state index is 0.560. The van der Waals surface area contributed by atoms with E-state index in [4.69, 9.17) is 25.9 Å². The minimum Gasteiger partial charge on any atom is -0.193 e. The van der Waals surface area contributed by atoms with Gasteiger partial charge in [0.25, 0.3) is 0 Å². The first-order chi connectivity index (χ1) is 9.33. The largest absolute Gasteiger partial charge is 0.338 e. The van der Waals surface area contributed by atoms with Crippen molar-refractivity contribution in [1.29, 1.82) is 15.9 Å². The fourth-order valence-corrected chi connectivity index (χ4v) is 0. The molecule has 5 nitrogen and oxygen atoms in total. The predicted molar refractivity (Wildman–Crippen MR) is 88.1 cm³/mol. The molecule has 110 valence electrons. The highest BCUT2D eigenvalue weighted by molar-refractivity contribution is 5.15. The molecule has 0 aromatic heterocycles. The quantitative estimate of drug-likeness (QED) is 0.298. The Labute approximate surface area is 123 Å². The second-order valence-corrected chi connectivity index (χ2v) is 2.84. The molecule has 0 radical (unpaired) electrons. The Morgan fingerprint density at radius 2 is 1.20 bits per heavy atom. The highest BCUT2D eigenvalue weighted by Gasteiger charge is 1.64. The lowest BCUT2D eigenvalue weighted by molar-refractivity contribution is 1.42. The van der Waals surface area contributed by atoms with Crippen molar-refractivity contribution in [2.75, 3.05) is 0 Å². The number of rotatable bonds is 0. The highest BCUT2D eigenvalue weighted by Crippen LogP contribution is 1.74. The minimum absolute atomic E-state index is 0.560. The summed E-state index contributed by atoms with van der Waals surface area (Å²) in [6.45, 7) is 24.6. The van der Waals surface area contributed by atoms with Gasteiger partial charge in [-0.1, -0.05) is 30.2 Å². The summed E-state index contributed by atoms with van der Waals surface area (Å²) in [6.07, 6.45) is 2.93. The van der Waals surface area contributed by atoms with E-state index in [1.165, 1.54) is 11.6 Å². The van der Waals surface area contributed by atoms with Gasteiger partial charge in [0.1, 0.15) is 0 Å². The van der Waals surface area contributed by atoms with Crippen LogP contribution in [0.3, 0.4) is 0 Å². The predicted octanol–water partition coefficient (Wildman–Crippen LogP) is 4.77. The monoisotopic (exact) mass is 278 g/mol. The van der Waals surface area contributed by atoms with Gasteiger partial charge in [-0.2, -0.15) is 10.5 Å². The van der Waals surface area contributed by atoms with E-state index in [0.29, 0.717) is 5.57 Å². The van der Waals surface area contributed by atoms with Crippen LogP contribution in [-0.2, 0) is 0 Å². The van der Waals surface area contributed by atoms with Gasteiger partial charge in [0.15, 0.2) is 0 Å². The molecule has 0 aromatic rings. The molecule has 0 unspecified atom stereocenters. The third-order valence-electron chi connectivity index (χ3n) is 0.282. The lowest BCUT2D eigenvalue weighted by atomic mass is 10.4. The third-order valence-corrected chi connectivity index (χ3v) is 0.282. The average molecular weight is 278 g/mol. The molecule has 0 bridgehead atoms. The van der Waals surface area contributed by atoms with E-state index >= 15 is 0 Å². The zero-order chi connectivity index (χ0) is 18.0. The topological polar surface area (TPSA) is 106 Å². The van der Waals surface area contributed by atoms with Crippen LogP contribution in [0.2, 0.25) is 0 Å². The Morgan fingerprint density at radius 1 is 1.10 bits per heavy atom. The molecular weight excluding hydrogens is 254 g/mol. The van der Waals surface area contributed by atoms with Crippen molar-refractivity contribution in [3.05, 3.63) is 59.5 Å². The van der Waals surface area contributed by atoms with E-state index in [0.717, 1.165) is 0 Å². The Balaban J connectivity index is -0.0000000305. The van der Waals surface area contributed by atoms with Crippen LogP contribution < -0.4 is 0 Å². The van der Waals surface area contributed by atoms with Crippen LogP contribution in [0.1, 0.15) is 27.7 Å². The molecule has 20 heavy (non-hydrogen) atoms. The van der Waals surface area contributed by atoms with Crippen molar-refractivity contribution >= 4 is 6.72 Å². The molecule has 0 aromatic carbocycles. The SMILES string of the molecule is C=C(C)C.C=C(C)C#N.C=CC.C=CC#N.O=O.[CH+]=N. The van der Waals surface area contributed by atoms with Crippen molar-refractivity contribution in [3.63, 3.8) is 0 Å². The van der Waals surface area contributed by atoms with E-state index in [1.807, 2.05) is 26.8 Å². The molecule has 0 atom stereocenters. The third kappa shape index (κ3) is 209000. The van der Waals surface area contributed by atoms with Crippen LogP contribution in [-0.4, -0.2) is 6.72 Å². The molecule has 1 N–H and O–H groups in total. The van der Waals surface area contributed by atoms with Crippen molar-refractivity contribution in [2.24, 2.45) is 0 Å². The molecule has 0 spiro atoms. The van der Waals surface area contributed by atoms with Crippen molar-refractivity contribution in [1.82, 2.24) is 0 Å². The number of nitrogens with zero attached hydrogens (tertiary/aromatic N) is 2. The summed E-state index contributed by atoms with van der Waals surface area (Å²) in [4.78, 5) is 14.0. The fraction of sp³-hybridized carbons (Fsp3) is 0.267. The van der Waals surface area contributed by atoms with Crippen molar-refractivity contribution in [3.8, 4) is 12.1 Å². The molecular formula is C15H24N3O2+. The smallest absolute Gasteiger partial charge is 0.193 e. The molecule has 0 aliphatic carbocycles. The zero-order valence-electron chi connectivity index (χ0n) is 12.8. The van der Waals surface area contributed by atoms with Crippen LogP contribution in [0.25, 0.3) is 0 Å². The van der Waals surface area contributed by atoms with Gasteiger partial charge in [-0.25, -0.2) is 0 Å². The summed E-state index contributed by atoms with van der Waals surface area (Å²) in [5, 5.41) is 20.6. The van der Waals surface area contributed by atoms with Crippen LogP contribution in [0.15, 0.2) is 49.6 Å². The van der Waals surface area contributed by atoms with Crippen LogP contribution >= 0.6 is 0 Å². The average Bonchev–Trinajstić information content (AvgIpc) is 2.43. The van der Waals surface area contributed by atoms with Crippen LogP contribution in [0, 0.1) is 38.0 Å². The standard InChI is InChI=1S/C4H5N.C4H8.C3H3N.C3H6.CH2N.O2/c1-4(2)3-5;1-4(2)3;1-2-3-4;1-3-2;2*1-2/h1H2,2H3;1H2,2-3H3;2H,1H2;3H,1H2,2H3;1-2H;/q;;;;+1;. The summed E-state index contributed by atoms with van der Waals surface area (Å²) in [5.41, 5.74) is 1.73. The number of hydrogen-bond donors (Lipinski definition) is 1. The second kappa shape index (κ2) is 72.7. The van der Waals surface area contributed by atoms with E-state index in [9.17, 15) is 0 Å². The Kier molecular flexibility index (Phi) is 131. The maximum absolute atomic E-state index is 7.79. The zero-order valence-corrected chi connectivity index (χ0v) is 12.8. The molecule has 0 fully saturated rings. The molecule has 0 aliphatic rings. The highest BCUT2D eigenvalue weighted by atomic mass is 16.7. The van der Waals surface area contributed by atoms with Gasteiger partial charge in [0.05, 0.1) is 12.1 Å². The second-order valence-electron chi connectivity index (χ2n) is 2.84. The summed E-state index contributed by atoms with van der Waals surface area (Å²) < 4.78 is 0. The molecule has 0 saturated carbocycles. The van der Waals surface area contributed by atoms with Gasteiger partial charge in [-0.3, -0.25) is 0 Å².